The van der Waals surface area contributed by atoms with Gasteiger partial charge >= 0.3 is 17.9 Å². The third-order valence-electron chi connectivity index (χ3n) is 2.21. The smallest absolute Gasteiger partial charge is 0.347 e. The minimum atomic E-state index is -1.45. The topological polar surface area (TPSA) is 97.7 Å². The van der Waals surface area contributed by atoms with Gasteiger partial charge in [0.2, 0.25) is 0 Å². The highest BCUT2D eigenvalue weighted by Crippen LogP contribution is 2.26. The van der Waals surface area contributed by atoms with E-state index < -0.39 is 28.7 Å². The fourth-order valence-corrected chi connectivity index (χ4v) is 1.60. The number of aromatic carboxylic acids is 1. The van der Waals surface area contributed by atoms with Crippen molar-refractivity contribution in [3.05, 3.63) is 34.4 Å². The van der Waals surface area contributed by atoms with Gasteiger partial charge in [-0.2, -0.15) is 0 Å². The van der Waals surface area contributed by atoms with E-state index in [1.165, 1.54) is 0 Å². The van der Waals surface area contributed by atoms with Gasteiger partial charge in [-0.25, -0.2) is 14.4 Å². The number of carbonyl (C=O) groups excluding carboxylic acids is 3. The number of carboxylic acid groups (broad SMARTS) is 1. The molecule has 0 aromatic heterocycles. The van der Waals surface area contributed by atoms with Crippen molar-refractivity contribution in [1.29, 1.82) is 0 Å². The number of halogens is 1. The van der Waals surface area contributed by atoms with Crippen LogP contribution < -0.4 is 0 Å². The highest BCUT2D eigenvalue weighted by Gasteiger charge is 2.35. The molecule has 7 heteroatoms. The lowest BCUT2D eigenvalue weighted by molar-refractivity contribution is 0.0439. The first-order valence-electron chi connectivity index (χ1n) is 4.29. The second kappa shape index (κ2) is 3.67. The molecule has 6 nitrogen and oxygen atoms in total. The Bertz CT molecular complexity index is 589. The maximum Gasteiger partial charge on any atom is 0.347 e. The number of carbonyl (C=O) groups is 4. The number of esters is 2. The first-order chi connectivity index (χ1) is 7.91. The molecule has 0 radical (unpaired) electrons. The standard InChI is InChI=1S/C10H3ClO6/c11-7(12)3-1-4(8(13)14)6-5(2-3)9(15)17-10(6)16/h1-2H,(H,13,14). The minimum absolute atomic E-state index is 0.186. The predicted molar refractivity (Wildman–Crippen MR) is 53.3 cm³/mol. The van der Waals surface area contributed by atoms with Crippen molar-refractivity contribution in [3.8, 4) is 0 Å². The van der Waals surface area contributed by atoms with Crippen LogP contribution in [0.15, 0.2) is 12.1 Å². The Morgan fingerprint density at radius 2 is 1.82 bits per heavy atom. The molecule has 0 saturated carbocycles. The summed E-state index contributed by atoms with van der Waals surface area (Å²) in [7, 11) is 0. The van der Waals surface area contributed by atoms with Gasteiger partial charge in [-0.3, -0.25) is 4.79 Å². The number of carboxylic acids is 1. The first-order valence-corrected chi connectivity index (χ1v) is 4.67. The Hall–Kier alpha value is -2.21. The maximum absolute atomic E-state index is 11.3. The molecule has 86 valence electrons. The van der Waals surface area contributed by atoms with E-state index in [-0.39, 0.29) is 16.7 Å². The highest BCUT2D eigenvalue weighted by molar-refractivity contribution is 6.67. The number of rotatable bonds is 2. The van der Waals surface area contributed by atoms with E-state index >= 15 is 0 Å². The second-order valence-electron chi connectivity index (χ2n) is 3.20. The molecule has 0 fully saturated rings. The van der Waals surface area contributed by atoms with Gasteiger partial charge in [0.1, 0.15) is 0 Å². The summed E-state index contributed by atoms with van der Waals surface area (Å²) in [4.78, 5) is 44.4. The Kier molecular flexibility index (Phi) is 2.44. The molecule has 1 N–H and O–H groups in total. The molecule has 0 saturated heterocycles. The molecule has 1 aliphatic heterocycles. The highest BCUT2D eigenvalue weighted by atomic mass is 35.5. The molecule has 0 amide bonds. The summed E-state index contributed by atoms with van der Waals surface area (Å²) in [6.45, 7) is 0. The van der Waals surface area contributed by atoms with Crippen LogP contribution in [0.1, 0.15) is 41.4 Å². The molecular weight excluding hydrogens is 252 g/mol. The normalized spacial score (nSPS) is 13.2. The fourth-order valence-electron chi connectivity index (χ4n) is 1.50. The number of hydrogen-bond donors (Lipinski definition) is 1. The fraction of sp³-hybridized carbons (Fsp3) is 0. The van der Waals surface area contributed by atoms with Crippen LogP contribution >= 0.6 is 11.6 Å². The van der Waals surface area contributed by atoms with Gasteiger partial charge in [0.05, 0.1) is 16.7 Å². The Morgan fingerprint density at radius 3 is 2.35 bits per heavy atom. The van der Waals surface area contributed by atoms with Gasteiger partial charge in [-0.05, 0) is 23.7 Å². The lowest BCUT2D eigenvalue weighted by atomic mass is 9.99. The second-order valence-corrected chi connectivity index (χ2v) is 3.55. The molecular formula is C10H3ClO6. The van der Waals surface area contributed by atoms with Gasteiger partial charge in [-0.15, -0.1) is 0 Å². The molecule has 1 heterocycles. The molecule has 1 aliphatic rings. The lowest BCUT2D eigenvalue weighted by Gasteiger charge is -2.01. The Balaban J connectivity index is 2.79. The molecule has 0 spiro atoms. The zero-order chi connectivity index (χ0) is 12.7. The first kappa shape index (κ1) is 11.3. The van der Waals surface area contributed by atoms with Crippen molar-refractivity contribution in [2.24, 2.45) is 0 Å². The average molecular weight is 255 g/mol. The van der Waals surface area contributed by atoms with E-state index in [1.54, 1.807) is 0 Å². The largest absolute Gasteiger partial charge is 0.478 e. The van der Waals surface area contributed by atoms with Gasteiger partial charge in [0, 0.05) is 5.56 Å². The van der Waals surface area contributed by atoms with E-state index in [2.05, 4.69) is 4.74 Å². The minimum Gasteiger partial charge on any atom is -0.478 e. The van der Waals surface area contributed by atoms with Crippen LogP contribution in [0.4, 0.5) is 0 Å². The zero-order valence-corrected chi connectivity index (χ0v) is 8.78. The van der Waals surface area contributed by atoms with E-state index in [1.807, 2.05) is 0 Å². The summed E-state index contributed by atoms with van der Waals surface area (Å²) in [5.74, 6) is -3.49. The summed E-state index contributed by atoms with van der Waals surface area (Å²) in [5.41, 5.74) is -1.29. The molecule has 0 unspecified atom stereocenters. The molecule has 1 aromatic rings. The van der Waals surface area contributed by atoms with Crippen molar-refractivity contribution < 1.29 is 29.0 Å². The predicted octanol–water partition coefficient (Wildman–Crippen LogP) is 1.07. The number of hydrogen-bond acceptors (Lipinski definition) is 5. The van der Waals surface area contributed by atoms with Gasteiger partial charge < -0.3 is 9.84 Å². The van der Waals surface area contributed by atoms with Gasteiger partial charge in [0.25, 0.3) is 5.24 Å². The number of benzene rings is 1. The Labute approximate surface area is 98.7 Å². The van der Waals surface area contributed by atoms with Gasteiger partial charge in [-0.1, -0.05) is 0 Å². The third-order valence-corrected chi connectivity index (χ3v) is 2.42. The number of cyclic esters (lactones) is 2. The average Bonchev–Trinajstić information content (AvgIpc) is 2.53. The monoisotopic (exact) mass is 254 g/mol. The number of ether oxygens (including phenoxy) is 1. The lowest BCUT2D eigenvalue weighted by Crippen LogP contribution is -2.08. The van der Waals surface area contributed by atoms with Crippen LogP contribution in [0.3, 0.4) is 0 Å². The van der Waals surface area contributed by atoms with Crippen LogP contribution in [0.2, 0.25) is 0 Å². The zero-order valence-electron chi connectivity index (χ0n) is 8.02. The van der Waals surface area contributed by atoms with Gasteiger partial charge in [0.15, 0.2) is 0 Å². The van der Waals surface area contributed by atoms with Crippen molar-refractivity contribution in [2.45, 2.75) is 0 Å². The summed E-state index contributed by atoms with van der Waals surface area (Å²) < 4.78 is 4.26. The van der Waals surface area contributed by atoms with Crippen molar-refractivity contribution >= 4 is 34.8 Å². The van der Waals surface area contributed by atoms with Crippen LogP contribution in [-0.2, 0) is 4.74 Å². The number of fused-ring (bicyclic) bond motifs is 1. The van der Waals surface area contributed by atoms with Crippen molar-refractivity contribution in [2.75, 3.05) is 0 Å². The van der Waals surface area contributed by atoms with Crippen LogP contribution in [-0.4, -0.2) is 28.3 Å². The van der Waals surface area contributed by atoms with E-state index in [9.17, 15) is 19.2 Å². The SMILES string of the molecule is O=C(Cl)c1cc(C(=O)O)c2c(c1)C(=O)OC2=O. The molecule has 0 aliphatic carbocycles. The summed E-state index contributed by atoms with van der Waals surface area (Å²) in [6, 6.07) is 1.96. The van der Waals surface area contributed by atoms with Crippen LogP contribution in [0, 0.1) is 0 Å². The van der Waals surface area contributed by atoms with Crippen molar-refractivity contribution in [3.63, 3.8) is 0 Å². The van der Waals surface area contributed by atoms with E-state index in [4.69, 9.17) is 16.7 Å². The Morgan fingerprint density at radius 1 is 1.18 bits per heavy atom. The van der Waals surface area contributed by atoms with Crippen LogP contribution in [0.5, 0.6) is 0 Å². The molecule has 2 rings (SSSR count). The quantitative estimate of drug-likeness (QED) is 0.482. The molecule has 1 aromatic carbocycles. The maximum atomic E-state index is 11.3. The third kappa shape index (κ3) is 1.68. The van der Waals surface area contributed by atoms with Crippen molar-refractivity contribution in [1.82, 2.24) is 0 Å². The molecule has 17 heavy (non-hydrogen) atoms. The molecule has 0 bridgehead atoms. The summed E-state index contributed by atoms with van der Waals surface area (Å²) in [5, 5.41) is 7.96. The van der Waals surface area contributed by atoms with E-state index in [0.717, 1.165) is 12.1 Å². The summed E-state index contributed by atoms with van der Waals surface area (Å²) >= 11 is 5.20. The van der Waals surface area contributed by atoms with E-state index in [0.29, 0.717) is 0 Å². The molecule has 0 atom stereocenters. The van der Waals surface area contributed by atoms with Crippen LogP contribution in [0.25, 0.3) is 0 Å². The summed E-state index contributed by atoms with van der Waals surface area (Å²) in [6.07, 6.45) is 0.